The van der Waals surface area contributed by atoms with Crippen LogP contribution < -0.4 is 11.1 Å². The summed E-state index contributed by atoms with van der Waals surface area (Å²) < 4.78 is 0. The van der Waals surface area contributed by atoms with Crippen molar-refractivity contribution in [3.63, 3.8) is 0 Å². The number of primary amides is 1. The van der Waals surface area contributed by atoms with Gasteiger partial charge in [-0.25, -0.2) is 4.79 Å². The number of urea groups is 1. The maximum Gasteiger partial charge on any atom is 0.313 e. The Hall–Kier alpha value is -1.16. The second-order valence-corrected chi connectivity index (χ2v) is 7.01. The first kappa shape index (κ1) is 16.2. The van der Waals surface area contributed by atoms with E-state index in [0.717, 1.165) is 5.56 Å². The molecule has 1 aliphatic rings. The van der Waals surface area contributed by atoms with Gasteiger partial charge in [0.15, 0.2) is 0 Å². The second-order valence-electron chi connectivity index (χ2n) is 6.31. The highest BCUT2D eigenvalue weighted by Gasteiger charge is 2.40. The van der Waals surface area contributed by atoms with Gasteiger partial charge < -0.3 is 11.1 Å². The van der Waals surface area contributed by atoms with Gasteiger partial charge in [0.05, 0.1) is 0 Å². The first-order valence-corrected chi connectivity index (χ1v) is 8.25. The number of thiol groups is 1. The summed E-state index contributed by atoms with van der Waals surface area (Å²) in [5, 5.41) is 2.89. The van der Waals surface area contributed by atoms with Gasteiger partial charge in [-0.15, -0.1) is 12.6 Å². The number of aryl methyl sites for hydroxylation is 1. The van der Waals surface area contributed by atoms with Crippen LogP contribution in [0.2, 0.25) is 0 Å². The van der Waals surface area contributed by atoms with Crippen molar-refractivity contribution in [1.29, 1.82) is 0 Å². The monoisotopic (exact) mass is 306 g/mol. The summed E-state index contributed by atoms with van der Waals surface area (Å²) in [6.45, 7) is 4.23. The SMILES string of the molecule is Cc1ccc(C(S)(NC(N)=O)C(C)C2CCCCC2)cc1. The normalized spacial score (nSPS) is 20.5. The van der Waals surface area contributed by atoms with Crippen LogP contribution in [0.15, 0.2) is 24.3 Å². The molecule has 2 rings (SSSR count). The lowest BCUT2D eigenvalue weighted by Crippen LogP contribution is -2.50. The summed E-state index contributed by atoms with van der Waals surface area (Å²) in [7, 11) is 0. The Morgan fingerprint density at radius 3 is 2.38 bits per heavy atom. The molecule has 2 atom stereocenters. The molecule has 1 aliphatic carbocycles. The molecule has 0 heterocycles. The Morgan fingerprint density at radius 1 is 1.29 bits per heavy atom. The molecule has 0 saturated heterocycles. The topological polar surface area (TPSA) is 55.1 Å². The van der Waals surface area contributed by atoms with Gasteiger partial charge in [0.1, 0.15) is 4.87 Å². The number of nitrogens with one attached hydrogen (secondary N) is 1. The quantitative estimate of drug-likeness (QED) is 0.572. The standard InChI is InChI=1S/C17H26N2OS/c1-12-8-10-15(11-9-12)17(21,19-16(18)20)13(2)14-6-4-3-5-7-14/h8-11,13-14,21H,3-7H2,1-2H3,(H3,18,19,20). The van der Waals surface area contributed by atoms with Gasteiger partial charge in [-0.05, 0) is 24.3 Å². The van der Waals surface area contributed by atoms with Crippen molar-refractivity contribution in [1.82, 2.24) is 5.32 Å². The zero-order valence-electron chi connectivity index (χ0n) is 12.9. The molecule has 0 aromatic heterocycles. The van der Waals surface area contributed by atoms with Gasteiger partial charge in [0.25, 0.3) is 0 Å². The molecule has 1 aromatic rings. The van der Waals surface area contributed by atoms with E-state index < -0.39 is 10.9 Å². The molecule has 0 aliphatic heterocycles. The van der Waals surface area contributed by atoms with Crippen LogP contribution in [-0.4, -0.2) is 6.03 Å². The minimum absolute atomic E-state index is 0.233. The number of hydrogen-bond acceptors (Lipinski definition) is 2. The highest BCUT2D eigenvalue weighted by atomic mass is 32.1. The molecule has 1 fully saturated rings. The summed E-state index contributed by atoms with van der Waals surface area (Å²) in [6.07, 6.45) is 6.26. The van der Waals surface area contributed by atoms with Gasteiger partial charge >= 0.3 is 6.03 Å². The number of nitrogens with two attached hydrogens (primary N) is 1. The molecule has 2 amide bonds. The molecule has 0 radical (unpaired) electrons. The van der Waals surface area contributed by atoms with E-state index in [9.17, 15) is 4.79 Å². The highest BCUT2D eigenvalue weighted by Crippen LogP contribution is 2.43. The van der Waals surface area contributed by atoms with E-state index in [1.807, 2.05) is 12.1 Å². The first-order valence-electron chi connectivity index (χ1n) is 7.80. The van der Waals surface area contributed by atoms with Crippen LogP contribution in [0.25, 0.3) is 0 Å². The summed E-state index contributed by atoms with van der Waals surface area (Å²) >= 11 is 4.87. The third kappa shape index (κ3) is 3.73. The third-order valence-corrected chi connectivity index (χ3v) is 5.60. The van der Waals surface area contributed by atoms with Crippen LogP contribution in [0.4, 0.5) is 4.79 Å². The number of carbonyl (C=O) groups excluding carboxylic acids is 1. The lowest BCUT2D eigenvalue weighted by molar-refractivity contribution is 0.190. The summed E-state index contributed by atoms with van der Waals surface area (Å²) in [5.41, 5.74) is 7.62. The number of carbonyl (C=O) groups is 1. The fraction of sp³-hybridized carbons (Fsp3) is 0.588. The predicted molar refractivity (Wildman–Crippen MR) is 90.3 cm³/mol. The van der Waals surface area contributed by atoms with Gasteiger partial charge in [-0.3, -0.25) is 0 Å². The van der Waals surface area contributed by atoms with E-state index in [2.05, 4.69) is 31.3 Å². The molecule has 3 nitrogen and oxygen atoms in total. The zero-order chi connectivity index (χ0) is 15.5. The van der Waals surface area contributed by atoms with Crippen molar-refractivity contribution in [2.24, 2.45) is 17.6 Å². The van der Waals surface area contributed by atoms with E-state index >= 15 is 0 Å². The predicted octanol–water partition coefficient (Wildman–Crippen LogP) is 3.96. The van der Waals surface area contributed by atoms with Crippen molar-refractivity contribution in [3.05, 3.63) is 35.4 Å². The Labute approximate surface area is 133 Å². The Kier molecular flexibility index (Phi) is 5.20. The van der Waals surface area contributed by atoms with Crippen molar-refractivity contribution in [3.8, 4) is 0 Å². The minimum atomic E-state index is -0.707. The molecule has 3 N–H and O–H groups in total. The summed E-state index contributed by atoms with van der Waals surface area (Å²) in [5.74, 6) is 0.806. The molecule has 116 valence electrons. The molecule has 2 unspecified atom stereocenters. The van der Waals surface area contributed by atoms with Crippen molar-refractivity contribution < 1.29 is 4.79 Å². The molecule has 4 heteroatoms. The molecule has 1 aromatic carbocycles. The molecule has 0 spiro atoms. The van der Waals surface area contributed by atoms with Gasteiger partial charge in [0.2, 0.25) is 0 Å². The van der Waals surface area contributed by atoms with Crippen molar-refractivity contribution >= 4 is 18.7 Å². The van der Waals surface area contributed by atoms with Crippen LogP contribution in [0, 0.1) is 18.8 Å². The fourth-order valence-electron chi connectivity index (χ4n) is 3.42. The van der Waals surface area contributed by atoms with Gasteiger partial charge in [-0.2, -0.15) is 0 Å². The average molecular weight is 306 g/mol. The maximum atomic E-state index is 11.5. The average Bonchev–Trinajstić information content (AvgIpc) is 2.47. The molecular weight excluding hydrogens is 280 g/mol. The Bertz CT molecular complexity index is 482. The van der Waals surface area contributed by atoms with E-state index in [4.69, 9.17) is 18.4 Å². The van der Waals surface area contributed by atoms with Gasteiger partial charge in [-0.1, -0.05) is 68.9 Å². The Morgan fingerprint density at radius 2 is 1.86 bits per heavy atom. The van der Waals surface area contributed by atoms with E-state index in [0.29, 0.717) is 5.92 Å². The summed E-state index contributed by atoms with van der Waals surface area (Å²) in [6, 6.07) is 7.66. The molecule has 0 bridgehead atoms. The third-order valence-electron chi connectivity index (χ3n) is 4.82. The largest absolute Gasteiger partial charge is 0.352 e. The molecule has 21 heavy (non-hydrogen) atoms. The maximum absolute atomic E-state index is 11.5. The van der Waals surface area contributed by atoms with Gasteiger partial charge in [0, 0.05) is 0 Å². The van der Waals surface area contributed by atoms with Crippen molar-refractivity contribution in [2.75, 3.05) is 0 Å². The molecule has 1 saturated carbocycles. The number of rotatable bonds is 4. The smallest absolute Gasteiger partial charge is 0.313 e. The number of hydrogen-bond donors (Lipinski definition) is 3. The fourth-order valence-corrected chi connectivity index (χ4v) is 3.89. The van der Waals surface area contributed by atoms with E-state index in [-0.39, 0.29) is 5.92 Å². The summed E-state index contributed by atoms with van der Waals surface area (Å²) in [4.78, 5) is 10.8. The van der Waals surface area contributed by atoms with Crippen LogP contribution in [0.1, 0.15) is 50.2 Å². The van der Waals surface area contributed by atoms with Crippen LogP contribution in [0.3, 0.4) is 0 Å². The minimum Gasteiger partial charge on any atom is -0.352 e. The number of amides is 2. The second kappa shape index (κ2) is 6.73. The van der Waals surface area contributed by atoms with E-state index in [1.165, 1.54) is 37.7 Å². The lowest BCUT2D eigenvalue weighted by atomic mass is 9.75. The van der Waals surface area contributed by atoms with E-state index in [1.54, 1.807) is 0 Å². The number of benzene rings is 1. The Balaban J connectivity index is 2.30. The van der Waals surface area contributed by atoms with Crippen LogP contribution in [-0.2, 0) is 4.87 Å². The van der Waals surface area contributed by atoms with Crippen LogP contribution >= 0.6 is 12.6 Å². The molecular formula is C17H26N2OS. The highest BCUT2D eigenvalue weighted by molar-refractivity contribution is 7.81. The first-order chi connectivity index (χ1) is 9.93. The van der Waals surface area contributed by atoms with Crippen LogP contribution in [0.5, 0.6) is 0 Å². The lowest BCUT2D eigenvalue weighted by Gasteiger charge is -2.41. The van der Waals surface area contributed by atoms with Crippen molar-refractivity contribution in [2.45, 2.75) is 50.8 Å². The zero-order valence-corrected chi connectivity index (χ0v) is 13.8.